The van der Waals surface area contributed by atoms with Gasteiger partial charge in [0, 0.05) is 17.5 Å². The third-order valence-electron chi connectivity index (χ3n) is 4.06. The number of quaternary nitrogens is 1. The second-order valence-corrected chi connectivity index (χ2v) is 5.88. The van der Waals surface area contributed by atoms with E-state index in [0.717, 1.165) is 37.1 Å². The molecule has 0 bridgehead atoms. The van der Waals surface area contributed by atoms with Crippen LogP contribution in [0.4, 0.5) is 0 Å². The summed E-state index contributed by atoms with van der Waals surface area (Å²) in [5.74, 6) is -0.0393. The Morgan fingerprint density at radius 2 is 1.58 bits per heavy atom. The van der Waals surface area contributed by atoms with Crippen LogP contribution in [0.5, 0.6) is 0 Å². The van der Waals surface area contributed by atoms with E-state index in [9.17, 15) is 4.79 Å². The number of rotatable bonds is 8. The first-order valence-electron chi connectivity index (χ1n) is 7.05. The van der Waals surface area contributed by atoms with Crippen LogP contribution >= 0.6 is 0 Å². The van der Waals surface area contributed by atoms with E-state index in [1.807, 2.05) is 0 Å². The molecule has 3 nitrogen and oxygen atoms in total. The highest BCUT2D eigenvalue weighted by Gasteiger charge is 2.27. The van der Waals surface area contributed by atoms with E-state index in [0.29, 0.717) is 5.57 Å². The Kier molecular flexibility index (Phi) is 9.65. The normalized spacial score (nSPS) is 11.7. The number of halogens is 1. The van der Waals surface area contributed by atoms with Gasteiger partial charge in [-0.3, -0.25) is 4.79 Å². The molecule has 0 heterocycles. The van der Waals surface area contributed by atoms with Crippen molar-refractivity contribution in [3.05, 3.63) is 12.2 Å². The van der Waals surface area contributed by atoms with Crippen LogP contribution in [0.25, 0.3) is 0 Å². The van der Waals surface area contributed by atoms with E-state index in [1.165, 1.54) is 0 Å². The van der Waals surface area contributed by atoms with Gasteiger partial charge in [0.25, 0.3) is 0 Å². The fraction of sp³-hybridized carbons (Fsp3) is 0.800. The summed E-state index contributed by atoms with van der Waals surface area (Å²) in [7, 11) is 0. The van der Waals surface area contributed by atoms with Gasteiger partial charge in [-0.05, 0) is 41.5 Å². The highest BCUT2D eigenvalue weighted by Crippen LogP contribution is 2.15. The van der Waals surface area contributed by atoms with Crippen LogP contribution in [0.2, 0.25) is 0 Å². The maximum Gasteiger partial charge on any atom is 0.246 e. The molecule has 4 heteroatoms. The van der Waals surface area contributed by atoms with Crippen LogP contribution in [0.1, 0.15) is 48.0 Å². The van der Waals surface area contributed by atoms with Crippen molar-refractivity contribution in [3.63, 3.8) is 0 Å². The SMILES string of the molecule is C=C(C)C(=O)NC(C)(C)CC[N+](CC)(CC)CC.[Br-]. The van der Waals surface area contributed by atoms with Crippen molar-refractivity contribution in [1.82, 2.24) is 5.32 Å². The van der Waals surface area contributed by atoms with Gasteiger partial charge in [0.05, 0.1) is 26.2 Å². The lowest BCUT2D eigenvalue weighted by Gasteiger charge is -2.38. The number of nitrogens with zero attached hydrogens (tertiary/aromatic N) is 1. The summed E-state index contributed by atoms with van der Waals surface area (Å²) in [6.07, 6.45) is 0.988. The smallest absolute Gasteiger partial charge is 0.246 e. The third-order valence-corrected chi connectivity index (χ3v) is 4.06. The average Bonchev–Trinajstić information content (AvgIpc) is 2.31. The molecular weight excluding hydrogens is 304 g/mol. The monoisotopic (exact) mass is 334 g/mol. The molecule has 0 aliphatic heterocycles. The van der Waals surface area contributed by atoms with Gasteiger partial charge in [0.15, 0.2) is 0 Å². The Hall–Kier alpha value is -0.350. The molecule has 0 saturated heterocycles. The molecule has 0 unspecified atom stereocenters. The van der Waals surface area contributed by atoms with E-state index >= 15 is 0 Å². The lowest BCUT2D eigenvalue weighted by atomic mass is 9.98. The van der Waals surface area contributed by atoms with E-state index in [-0.39, 0.29) is 28.4 Å². The Labute approximate surface area is 129 Å². The van der Waals surface area contributed by atoms with Gasteiger partial charge in [-0.2, -0.15) is 0 Å². The highest BCUT2D eigenvalue weighted by atomic mass is 79.9. The molecule has 0 saturated carbocycles. The summed E-state index contributed by atoms with van der Waals surface area (Å²) in [6.45, 7) is 20.9. The zero-order valence-electron chi connectivity index (χ0n) is 13.5. The average molecular weight is 335 g/mol. The maximum atomic E-state index is 11.7. The summed E-state index contributed by atoms with van der Waals surface area (Å²) in [5.41, 5.74) is 0.407. The zero-order valence-corrected chi connectivity index (χ0v) is 15.1. The number of nitrogens with one attached hydrogen (secondary N) is 1. The molecule has 1 N–H and O–H groups in total. The first-order valence-corrected chi connectivity index (χ1v) is 7.05. The van der Waals surface area contributed by atoms with Gasteiger partial charge >= 0.3 is 0 Å². The Bertz CT molecular complexity index is 288. The zero-order chi connectivity index (χ0) is 14.4. The quantitative estimate of drug-likeness (QED) is 0.480. The fourth-order valence-corrected chi connectivity index (χ4v) is 2.14. The number of hydrogen-bond donors (Lipinski definition) is 1. The highest BCUT2D eigenvalue weighted by molar-refractivity contribution is 5.92. The van der Waals surface area contributed by atoms with Gasteiger partial charge < -0.3 is 26.8 Å². The van der Waals surface area contributed by atoms with Gasteiger partial charge in [-0.1, -0.05) is 6.58 Å². The van der Waals surface area contributed by atoms with Crippen molar-refractivity contribution in [2.75, 3.05) is 26.2 Å². The fourth-order valence-electron chi connectivity index (χ4n) is 2.14. The van der Waals surface area contributed by atoms with Crippen LogP contribution < -0.4 is 22.3 Å². The predicted octanol–water partition coefficient (Wildman–Crippen LogP) is -0.272. The van der Waals surface area contributed by atoms with Crippen LogP contribution in [0.3, 0.4) is 0 Å². The van der Waals surface area contributed by atoms with E-state index < -0.39 is 0 Å². The molecule has 0 aromatic carbocycles. The van der Waals surface area contributed by atoms with Crippen LogP contribution in [-0.4, -0.2) is 42.1 Å². The van der Waals surface area contributed by atoms with E-state index in [4.69, 9.17) is 0 Å². The van der Waals surface area contributed by atoms with Gasteiger partial charge in [0.1, 0.15) is 0 Å². The molecule has 0 aromatic rings. The van der Waals surface area contributed by atoms with Crippen molar-refractivity contribution in [3.8, 4) is 0 Å². The van der Waals surface area contributed by atoms with Crippen molar-refractivity contribution < 1.29 is 26.3 Å². The molecule has 0 aromatic heterocycles. The lowest BCUT2D eigenvalue weighted by Crippen LogP contribution is -3.00. The van der Waals surface area contributed by atoms with Gasteiger partial charge in [0.2, 0.25) is 5.91 Å². The Morgan fingerprint density at radius 3 is 1.89 bits per heavy atom. The summed E-state index contributed by atoms with van der Waals surface area (Å²) >= 11 is 0. The molecule has 19 heavy (non-hydrogen) atoms. The summed E-state index contributed by atoms with van der Waals surface area (Å²) in [5, 5.41) is 3.05. The standard InChI is InChI=1S/C15H30N2O.BrH/c1-8-17(9-2,10-3)12-11-15(6,7)16-14(18)13(4)5;/h4,8-12H2,1-3,5-7H3;1H. The first-order chi connectivity index (χ1) is 8.22. The Balaban J connectivity index is 0. The van der Waals surface area contributed by atoms with Gasteiger partial charge in [-0.15, -0.1) is 0 Å². The number of carbonyl (C=O) groups excluding carboxylic acids is 1. The Morgan fingerprint density at radius 1 is 1.16 bits per heavy atom. The van der Waals surface area contributed by atoms with Crippen LogP contribution in [0, 0.1) is 0 Å². The van der Waals surface area contributed by atoms with E-state index in [1.54, 1.807) is 6.92 Å². The number of hydrogen-bond acceptors (Lipinski definition) is 1. The lowest BCUT2D eigenvalue weighted by molar-refractivity contribution is -0.923. The van der Waals surface area contributed by atoms with E-state index in [2.05, 4.69) is 46.5 Å². The van der Waals surface area contributed by atoms with Crippen LogP contribution in [0.15, 0.2) is 12.2 Å². The van der Waals surface area contributed by atoms with Crippen molar-refractivity contribution >= 4 is 5.91 Å². The topological polar surface area (TPSA) is 29.1 Å². The van der Waals surface area contributed by atoms with Crippen LogP contribution in [-0.2, 0) is 4.79 Å². The van der Waals surface area contributed by atoms with Crippen molar-refractivity contribution in [1.29, 1.82) is 0 Å². The molecule has 0 radical (unpaired) electrons. The predicted molar refractivity (Wildman–Crippen MR) is 78.4 cm³/mol. The van der Waals surface area contributed by atoms with Crippen molar-refractivity contribution in [2.24, 2.45) is 0 Å². The van der Waals surface area contributed by atoms with Gasteiger partial charge in [-0.25, -0.2) is 0 Å². The molecule has 0 aliphatic rings. The molecule has 0 spiro atoms. The largest absolute Gasteiger partial charge is 1.00 e. The molecule has 1 amide bonds. The molecule has 0 atom stereocenters. The van der Waals surface area contributed by atoms with Crippen molar-refractivity contribution in [2.45, 2.75) is 53.5 Å². The molecular formula is C15H31BrN2O. The minimum atomic E-state index is -0.168. The molecule has 0 rings (SSSR count). The maximum absolute atomic E-state index is 11.7. The second-order valence-electron chi connectivity index (χ2n) is 5.88. The summed E-state index contributed by atoms with van der Waals surface area (Å²) in [6, 6.07) is 0. The summed E-state index contributed by atoms with van der Waals surface area (Å²) in [4.78, 5) is 11.7. The first kappa shape index (κ1) is 21.0. The minimum Gasteiger partial charge on any atom is -1.00 e. The molecule has 0 aliphatic carbocycles. The minimum absolute atomic E-state index is 0. The second kappa shape index (κ2) is 8.75. The number of carbonyl (C=O) groups is 1. The molecule has 114 valence electrons. The third kappa shape index (κ3) is 7.11. The number of amides is 1. The summed E-state index contributed by atoms with van der Waals surface area (Å²) < 4.78 is 1.12. The molecule has 0 fully saturated rings.